The zero-order valence-corrected chi connectivity index (χ0v) is 12.3. The maximum absolute atomic E-state index is 12.2. The predicted octanol–water partition coefficient (Wildman–Crippen LogP) is 2.57. The first kappa shape index (κ1) is 15.5. The summed E-state index contributed by atoms with van der Waals surface area (Å²) in [5.41, 5.74) is 6.71. The van der Waals surface area contributed by atoms with Crippen molar-refractivity contribution in [1.82, 2.24) is 15.1 Å². The smallest absolute Gasteiger partial charge is 0.271 e. The second-order valence-electron chi connectivity index (χ2n) is 4.99. The third-order valence-corrected chi connectivity index (χ3v) is 3.25. The fourth-order valence-electron chi connectivity index (χ4n) is 2.13. The summed E-state index contributed by atoms with van der Waals surface area (Å²) in [6, 6.07) is 0.170. The molecule has 1 amide bonds. The molecule has 0 bridgehead atoms. The lowest BCUT2D eigenvalue weighted by Crippen LogP contribution is -2.34. The monoisotopic (exact) mass is 266 g/mol. The summed E-state index contributed by atoms with van der Waals surface area (Å²) < 4.78 is 1.63. The van der Waals surface area contributed by atoms with Crippen LogP contribution in [0.15, 0.2) is 6.20 Å². The van der Waals surface area contributed by atoms with Gasteiger partial charge in [0.15, 0.2) is 0 Å². The lowest BCUT2D eigenvalue weighted by Gasteiger charge is -2.14. The highest BCUT2D eigenvalue weighted by molar-refractivity contribution is 5.97. The molecular formula is C14H26N4O. The van der Waals surface area contributed by atoms with Gasteiger partial charge in [0.25, 0.3) is 5.91 Å². The number of amides is 1. The Hall–Kier alpha value is -1.52. The van der Waals surface area contributed by atoms with Crippen molar-refractivity contribution in [2.24, 2.45) is 0 Å². The third-order valence-electron chi connectivity index (χ3n) is 3.25. The topological polar surface area (TPSA) is 72.9 Å². The zero-order chi connectivity index (χ0) is 14.3. The molecule has 0 aliphatic carbocycles. The first-order chi connectivity index (χ1) is 9.10. The van der Waals surface area contributed by atoms with Crippen molar-refractivity contribution in [3.05, 3.63) is 11.9 Å². The van der Waals surface area contributed by atoms with Crippen LogP contribution < -0.4 is 11.1 Å². The number of nitrogens with two attached hydrogens (primary N) is 1. The molecule has 1 unspecified atom stereocenters. The maximum Gasteiger partial charge on any atom is 0.271 e. The Morgan fingerprint density at radius 1 is 1.42 bits per heavy atom. The molecule has 0 saturated heterocycles. The summed E-state index contributed by atoms with van der Waals surface area (Å²) in [5, 5.41) is 7.07. The number of carbonyl (C=O) groups is 1. The van der Waals surface area contributed by atoms with Gasteiger partial charge in [-0.2, -0.15) is 5.10 Å². The summed E-state index contributed by atoms with van der Waals surface area (Å²) in [7, 11) is 0. The number of aryl methyl sites for hydroxylation is 1. The van der Waals surface area contributed by atoms with Crippen LogP contribution in [-0.2, 0) is 6.54 Å². The Labute approximate surface area is 115 Å². The van der Waals surface area contributed by atoms with E-state index >= 15 is 0 Å². The van der Waals surface area contributed by atoms with Crippen molar-refractivity contribution >= 4 is 11.6 Å². The average molecular weight is 266 g/mol. The molecule has 0 aliphatic heterocycles. The number of rotatable bonds is 8. The Morgan fingerprint density at radius 2 is 2.16 bits per heavy atom. The van der Waals surface area contributed by atoms with Gasteiger partial charge in [0, 0.05) is 12.6 Å². The summed E-state index contributed by atoms with van der Waals surface area (Å²) in [5.74, 6) is -0.125. The van der Waals surface area contributed by atoms with Crippen LogP contribution >= 0.6 is 0 Å². The van der Waals surface area contributed by atoms with Gasteiger partial charge in [0.05, 0.1) is 11.9 Å². The van der Waals surface area contributed by atoms with Gasteiger partial charge >= 0.3 is 0 Å². The van der Waals surface area contributed by atoms with Gasteiger partial charge in [-0.1, -0.05) is 32.6 Å². The minimum atomic E-state index is -0.125. The molecule has 1 aromatic heterocycles. The largest absolute Gasteiger partial charge is 0.396 e. The average Bonchev–Trinajstić information content (AvgIpc) is 2.75. The van der Waals surface area contributed by atoms with Crippen LogP contribution in [0.5, 0.6) is 0 Å². The van der Waals surface area contributed by atoms with Gasteiger partial charge in [0.2, 0.25) is 0 Å². The number of hydrogen-bond acceptors (Lipinski definition) is 3. The van der Waals surface area contributed by atoms with Crippen LogP contribution in [0.3, 0.4) is 0 Å². The molecule has 0 spiro atoms. The van der Waals surface area contributed by atoms with Crippen LogP contribution in [0.2, 0.25) is 0 Å². The Bertz CT molecular complexity index is 400. The van der Waals surface area contributed by atoms with E-state index in [0.717, 1.165) is 12.8 Å². The first-order valence-corrected chi connectivity index (χ1v) is 7.22. The van der Waals surface area contributed by atoms with E-state index in [1.54, 1.807) is 4.68 Å². The van der Waals surface area contributed by atoms with Crippen LogP contribution in [0, 0.1) is 0 Å². The quantitative estimate of drug-likeness (QED) is 0.710. The Balaban J connectivity index is 2.47. The SMILES string of the molecule is CCCCCCC(C)NC(=O)c1c(N)cnn1CC. The highest BCUT2D eigenvalue weighted by Crippen LogP contribution is 2.12. The molecule has 0 aromatic carbocycles. The van der Waals surface area contributed by atoms with Crippen molar-refractivity contribution in [3.63, 3.8) is 0 Å². The molecule has 0 radical (unpaired) electrons. The minimum absolute atomic E-state index is 0.125. The fraction of sp³-hybridized carbons (Fsp3) is 0.714. The van der Waals surface area contributed by atoms with E-state index in [4.69, 9.17) is 5.73 Å². The lowest BCUT2D eigenvalue weighted by atomic mass is 10.1. The van der Waals surface area contributed by atoms with Crippen molar-refractivity contribution in [2.45, 2.75) is 65.5 Å². The van der Waals surface area contributed by atoms with Crippen molar-refractivity contribution in [1.29, 1.82) is 0 Å². The highest BCUT2D eigenvalue weighted by Gasteiger charge is 2.17. The number of hydrogen-bond donors (Lipinski definition) is 2. The molecule has 0 aliphatic rings. The van der Waals surface area contributed by atoms with Gasteiger partial charge in [-0.25, -0.2) is 0 Å². The van der Waals surface area contributed by atoms with E-state index in [9.17, 15) is 4.79 Å². The van der Waals surface area contributed by atoms with E-state index in [0.29, 0.717) is 17.9 Å². The fourth-order valence-corrected chi connectivity index (χ4v) is 2.13. The van der Waals surface area contributed by atoms with Gasteiger partial charge in [-0.3, -0.25) is 9.48 Å². The molecule has 1 atom stereocenters. The molecule has 0 saturated carbocycles. The van der Waals surface area contributed by atoms with Crippen molar-refractivity contribution in [3.8, 4) is 0 Å². The van der Waals surface area contributed by atoms with Gasteiger partial charge in [0.1, 0.15) is 5.69 Å². The third kappa shape index (κ3) is 4.58. The minimum Gasteiger partial charge on any atom is -0.396 e. The zero-order valence-electron chi connectivity index (χ0n) is 12.3. The number of aromatic nitrogens is 2. The number of anilines is 1. The van der Waals surface area contributed by atoms with E-state index in [1.165, 1.54) is 25.5 Å². The number of unbranched alkanes of at least 4 members (excludes halogenated alkanes) is 3. The normalized spacial score (nSPS) is 12.4. The molecule has 108 valence electrons. The molecule has 1 heterocycles. The highest BCUT2D eigenvalue weighted by atomic mass is 16.2. The van der Waals surface area contributed by atoms with Crippen LogP contribution in [0.1, 0.15) is 63.4 Å². The van der Waals surface area contributed by atoms with Crippen LogP contribution in [0.4, 0.5) is 5.69 Å². The summed E-state index contributed by atoms with van der Waals surface area (Å²) in [6.07, 6.45) is 7.41. The lowest BCUT2D eigenvalue weighted by molar-refractivity contribution is 0.0928. The second kappa shape index (κ2) is 7.81. The van der Waals surface area contributed by atoms with Crippen molar-refractivity contribution < 1.29 is 4.79 Å². The number of nitrogens with zero attached hydrogens (tertiary/aromatic N) is 2. The Morgan fingerprint density at radius 3 is 2.79 bits per heavy atom. The molecule has 3 N–H and O–H groups in total. The number of carbonyl (C=O) groups excluding carboxylic acids is 1. The molecule has 5 heteroatoms. The van der Waals surface area contributed by atoms with Crippen molar-refractivity contribution in [2.75, 3.05) is 5.73 Å². The summed E-state index contributed by atoms with van der Waals surface area (Å²) in [4.78, 5) is 12.2. The molecular weight excluding hydrogens is 240 g/mol. The molecule has 5 nitrogen and oxygen atoms in total. The number of nitrogens with one attached hydrogen (secondary N) is 1. The predicted molar refractivity (Wildman–Crippen MR) is 78.0 cm³/mol. The summed E-state index contributed by atoms with van der Waals surface area (Å²) >= 11 is 0. The van der Waals surface area contributed by atoms with Gasteiger partial charge in [-0.05, 0) is 20.3 Å². The molecule has 0 fully saturated rings. The van der Waals surface area contributed by atoms with E-state index < -0.39 is 0 Å². The van der Waals surface area contributed by atoms with Crippen LogP contribution in [-0.4, -0.2) is 21.7 Å². The van der Waals surface area contributed by atoms with Crippen LogP contribution in [0.25, 0.3) is 0 Å². The molecule has 1 aromatic rings. The van der Waals surface area contributed by atoms with Gasteiger partial charge in [-0.15, -0.1) is 0 Å². The van der Waals surface area contributed by atoms with Gasteiger partial charge < -0.3 is 11.1 Å². The van der Waals surface area contributed by atoms with E-state index in [1.807, 2.05) is 13.8 Å². The molecule has 1 rings (SSSR count). The summed E-state index contributed by atoms with van der Waals surface area (Å²) in [6.45, 7) is 6.81. The van der Waals surface area contributed by atoms with E-state index in [2.05, 4.69) is 17.3 Å². The van der Waals surface area contributed by atoms with E-state index in [-0.39, 0.29) is 11.9 Å². The maximum atomic E-state index is 12.2. The standard InChI is InChI=1S/C14H26N4O/c1-4-6-7-8-9-11(3)17-14(19)13-12(15)10-16-18(13)5-2/h10-11H,4-9,15H2,1-3H3,(H,17,19). The number of nitrogen functional groups attached to an aromatic ring is 1. The first-order valence-electron chi connectivity index (χ1n) is 7.22. The molecule has 19 heavy (non-hydrogen) atoms. The second-order valence-corrected chi connectivity index (χ2v) is 4.99. The Kier molecular flexibility index (Phi) is 6.39.